The zero-order valence-corrected chi connectivity index (χ0v) is 18.3. The summed E-state index contributed by atoms with van der Waals surface area (Å²) in [5, 5.41) is 3.09. The predicted molar refractivity (Wildman–Crippen MR) is 125 cm³/mol. The molecule has 3 aromatic carbocycles. The average molecular weight is 429 g/mol. The second-order valence-corrected chi connectivity index (χ2v) is 8.03. The van der Waals surface area contributed by atoms with Crippen LogP contribution in [0.3, 0.4) is 0 Å². The van der Waals surface area contributed by atoms with Crippen molar-refractivity contribution in [2.24, 2.45) is 0 Å². The number of aryl methyl sites for hydroxylation is 1. The second kappa shape index (κ2) is 10.4. The SMILES string of the molecule is Cc1cccc(C(CNC(=O)c2ccccc2C(=O)c2ccccc2)N2CCOCC2)c1. The summed E-state index contributed by atoms with van der Waals surface area (Å²) >= 11 is 0. The number of carbonyl (C=O) groups excluding carboxylic acids is 2. The summed E-state index contributed by atoms with van der Waals surface area (Å²) < 4.78 is 5.52. The van der Waals surface area contributed by atoms with E-state index in [1.165, 1.54) is 11.1 Å². The topological polar surface area (TPSA) is 58.6 Å². The quantitative estimate of drug-likeness (QED) is 0.578. The van der Waals surface area contributed by atoms with Gasteiger partial charge in [-0.1, -0.05) is 78.4 Å². The van der Waals surface area contributed by atoms with E-state index in [4.69, 9.17) is 4.74 Å². The van der Waals surface area contributed by atoms with E-state index in [1.54, 1.807) is 36.4 Å². The van der Waals surface area contributed by atoms with Crippen molar-refractivity contribution in [1.29, 1.82) is 0 Å². The van der Waals surface area contributed by atoms with Gasteiger partial charge in [0.05, 0.1) is 24.8 Å². The van der Waals surface area contributed by atoms with Crippen LogP contribution < -0.4 is 5.32 Å². The lowest BCUT2D eigenvalue weighted by atomic mass is 9.97. The van der Waals surface area contributed by atoms with Crippen molar-refractivity contribution in [3.8, 4) is 0 Å². The maximum Gasteiger partial charge on any atom is 0.252 e. The van der Waals surface area contributed by atoms with Crippen LogP contribution in [0.1, 0.15) is 43.4 Å². The minimum atomic E-state index is -0.240. The minimum absolute atomic E-state index is 0.0414. The number of nitrogens with one attached hydrogen (secondary N) is 1. The summed E-state index contributed by atoms with van der Waals surface area (Å²) in [4.78, 5) is 28.5. The summed E-state index contributed by atoms with van der Waals surface area (Å²) in [7, 11) is 0. The molecule has 3 aromatic rings. The van der Waals surface area contributed by atoms with Crippen LogP contribution in [0.15, 0.2) is 78.9 Å². The number of benzene rings is 3. The van der Waals surface area contributed by atoms with Gasteiger partial charge in [-0.05, 0) is 18.6 Å². The van der Waals surface area contributed by atoms with Crippen molar-refractivity contribution < 1.29 is 14.3 Å². The molecule has 1 fully saturated rings. The fraction of sp³-hybridized carbons (Fsp3) is 0.259. The Morgan fingerprint density at radius 1 is 0.906 bits per heavy atom. The van der Waals surface area contributed by atoms with Crippen LogP contribution in [-0.2, 0) is 4.74 Å². The number of carbonyl (C=O) groups is 2. The molecule has 0 bridgehead atoms. The van der Waals surface area contributed by atoms with Crippen LogP contribution in [-0.4, -0.2) is 49.4 Å². The summed E-state index contributed by atoms with van der Waals surface area (Å²) in [5.74, 6) is -0.393. The van der Waals surface area contributed by atoms with Crippen molar-refractivity contribution in [3.63, 3.8) is 0 Å². The summed E-state index contributed by atoms with van der Waals surface area (Å²) in [6.45, 7) is 5.53. The Hall–Kier alpha value is -3.28. The lowest BCUT2D eigenvalue weighted by molar-refractivity contribution is 0.0162. The molecule has 0 aromatic heterocycles. The van der Waals surface area contributed by atoms with Crippen LogP contribution in [0, 0.1) is 6.92 Å². The van der Waals surface area contributed by atoms with Gasteiger partial charge in [0, 0.05) is 30.8 Å². The fourth-order valence-corrected chi connectivity index (χ4v) is 4.13. The molecule has 1 amide bonds. The molecule has 1 heterocycles. The van der Waals surface area contributed by atoms with Gasteiger partial charge in [0.2, 0.25) is 0 Å². The summed E-state index contributed by atoms with van der Waals surface area (Å²) in [5.41, 5.74) is 3.73. The summed E-state index contributed by atoms with van der Waals surface area (Å²) in [6.07, 6.45) is 0. The number of ether oxygens (including phenoxy) is 1. The van der Waals surface area contributed by atoms with Crippen molar-refractivity contribution >= 4 is 11.7 Å². The number of hydrogen-bond donors (Lipinski definition) is 1. The monoisotopic (exact) mass is 428 g/mol. The first-order chi connectivity index (χ1) is 15.6. The largest absolute Gasteiger partial charge is 0.379 e. The Morgan fingerprint density at radius 3 is 2.31 bits per heavy atom. The van der Waals surface area contributed by atoms with E-state index in [0.29, 0.717) is 36.4 Å². The van der Waals surface area contributed by atoms with Crippen molar-refractivity contribution in [3.05, 3.63) is 107 Å². The van der Waals surface area contributed by atoms with Crippen LogP contribution in [0.4, 0.5) is 0 Å². The number of nitrogens with zero attached hydrogens (tertiary/aromatic N) is 1. The highest BCUT2D eigenvalue weighted by Crippen LogP contribution is 2.23. The highest BCUT2D eigenvalue weighted by atomic mass is 16.5. The molecule has 0 radical (unpaired) electrons. The second-order valence-electron chi connectivity index (χ2n) is 8.03. The smallest absolute Gasteiger partial charge is 0.252 e. The van der Waals surface area contributed by atoms with E-state index in [-0.39, 0.29) is 17.7 Å². The van der Waals surface area contributed by atoms with E-state index in [0.717, 1.165) is 13.1 Å². The highest BCUT2D eigenvalue weighted by molar-refractivity contribution is 6.15. The lowest BCUT2D eigenvalue weighted by Crippen LogP contribution is -2.44. The van der Waals surface area contributed by atoms with Crippen molar-refractivity contribution in [2.75, 3.05) is 32.8 Å². The third-order valence-corrected chi connectivity index (χ3v) is 5.82. The van der Waals surface area contributed by atoms with Gasteiger partial charge in [0.15, 0.2) is 5.78 Å². The molecule has 32 heavy (non-hydrogen) atoms. The maximum atomic E-state index is 13.2. The van der Waals surface area contributed by atoms with Gasteiger partial charge in [0.25, 0.3) is 5.91 Å². The molecule has 4 rings (SSSR count). The van der Waals surface area contributed by atoms with E-state index in [2.05, 4.69) is 35.3 Å². The van der Waals surface area contributed by atoms with Crippen molar-refractivity contribution in [1.82, 2.24) is 10.2 Å². The molecule has 0 spiro atoms. The molecule has 164 valence electrons. The maximum absolute atomic E-state index is 13.2. The van der Waals surface area contributed by atoms with Gasteiger partial charge in [0.1, 0.15) is 0 Å². The molecule has 0 saturated carbocycles. The van der Waals surface area contributed by atoms with Gasteiger partial charge in [-0.3, -0.25) is 14.5 Å². The average Bonchev–Trinajstić information content (AvgIpc) is 2.85. The Bertz CT molecular complexity index is 1080. The van der Waals surface area contributed by atoms with E-state index < -0.39 is 0 Å². The van der Waals surface area contributed by atoms with Crippen LogP contribution >= 0.6 is 0 Å². The van der Waals surface area contributed by atoms with Gasteiger partial charge >= 0.3 is 0 Å². The predicted octanol–water partition coefficient (Wildman–Crippen LogP) is 4.03. The number of rotatable bonds is 7. The standard InChI is InChI=1S/C27H28N2O3/c1-20-8-7-11-22(18-20)25(29-14-16-32-17-15-29)19-28-27(31)24-13-6-5-12-23(24)26(30)21-9-3-2-4-10-21/h2-13,18,25H,14-17,19H2,1H3,(H,28,31). The van der Waals surface area contributed by atoms with E-state index in [1.807, 2.05) is 24.3 Å². The normalized spacial score (nSPS) is 15.2. The molecular formula is C27H28N2O3. The summed E-state index contributed by atoms with van der Waals surface area (Å²) in [6, 6.07) is 24.5. The lowest BCUT2D eigenvalue weighted by Gasteiger charge is -2.35. The molecule has 1 aliphatic rings. The Balaban J connectivity index is 1.54. The van der Waals surface area contributed by atoms with E-state index in [9.17, 15) is 9.59 Å². The molecule has 5 heteroatoms. The van der Waals surface area contributed by atoms with Gasteiger partial charge < -0.3 is 10.1 Å². The first-order valence-electron chi connectivity index (χ1n) is 11.0. The molecule has 1 unspecified atom stereocenters. The minimum Gasteiger partial charge on any atom is -0.379 e. The fourth-order valence-electron chi connectivity index (χ4n) is 4.13. The van der Waals surface area contributed by atoms with E-state index >= 15 is 0 Å². The third-order valence-electron chi connectivity index (χ3n) is 5.82. The van der Waals surface area contributed by atoms with Gasteiger partial charge in [-0.25, -0.2) is 0 Å². The third kappa shape index (κ3) is 5.13. The zero-order valence-electron chi connectivity index (χ0n) is 18.3. The molecule has 1 atom stereocenters. The molecule has 5 nitrogen and oxygen atoms in total. The van der Waals surface area contributed by atoms with Crippen LogP contribution in [0.5, 0.6) is 0 Å². The number of morpholine rings is 1. The molecule has 1 N–H and O–H groups in total. The van der Waals surface area contributed by atoms with Gasteiger partial charge in [-0.2, -0.15) is 0 Å². The Kier molecular flexibility index (Phi) is 7.10. The first-order valence-corrected chi connectivity index (χ1v) is 11.0. The first kappa shape index (κ1) is 21.9. The molecule has 1 aliphatic heterocycles. The van der Waals surface area contributed by atoms with Crippen LogP contribution in [0.2, 0.25) is 0 Å². The van der Waals surface area contributed by atoms with Gasteiger partial charge in [-0.15, -0.1) is 0 Å². The highest BCUT2D eigenvalue weighted by Gasteiger charge is 2.24. The Labute approximate surface area is 189 Å². The number of hydrogen-bond acceptors (Lipinski definition) is 4. The molecule has 1 saturated heterocycles. The molecular weight excluding hydrogens is 400 g/mol. The number of ketones is 1. The Morgan fingerprint density at radius 2 is 1.59 bits per heavy atom. The van der Waals surface area contributed by atoms with Crippen molar-refractivity contribution in [2.45, 2.75) is 13.0 Å². The number of amides is 1. The van der Waals surface area contributed by atoms with Crippen LogP contribution in [0.25, 0.3) is 0 Å². The zero-order chi connectivity index (χ0) is 22.3. The molecule has 0 aliphatic carbocycles.